The van der Waals surface area contributed by atoms with Crippen molar-refractivity contribution in [3.63, 3.8) is 0 Å². The van der Waals surface area contributed by atoms with Crippen LogP contribution in [-0.2, 0) is 19.3 Å². The number of thiophene rings is 2. The van der Waals surface area contributed by atoms with Crippen LogP contribution in [0.25, 0.3) is 99.3 Å². The van der Waals surface area contributed by atoms with Gasteiger partial charge in [-0.3, -0.25) is 0 Å². The molecule has 0 amide bonds. The molecule has 0 fully saturated rings. The predicted octanol–water partition coefficient (Wildman–Crippen LogP) is 18.5. The van der Waals surface area contributed by atoms with Crippen molar-refractivity contribution in [1.82, 2.24) is 70.0 Å². The Balaban J connectivity index is 0.000000131. The summed E-state index contributed by atoms with van der Waals surface area (Å²) in [5, 5.41) is 13.2. The van der Waals surface area contributed by atoms with Crippen molar-refractivity contribution in [2.75, 3.05) is 108 Å². The lowest BCUT2D eigenvalue weighted by atomic mass is 10.00. The molecule has 0 saturated carbocycles. The maximum atomic E-state index is 6.55. The SMILES string of the molecule is C=C(N)c1cc2c(-c3c(Cl)cc(Cl)c4c3CCO4)nc(N)nc2s1.C=C(NCC)c1cc2c(-c3c(Cl)cc(Cl)c4c3CCO4)nc(N)nc2s1.CN(C)CCOc1cc(-c2nc(N)nc3cc[nH]c23)c(Cl)cc1Cl.CNc1cc(-c2c(Cl)cc(Cl)c3c2CCO3)nc(N)n1.COc1cc(-c2nc(N)nc(SC)n2)c(Cl)cc1Cl. The van der Waals surface area contributed by atoms with Gasteiger partial charge in [-0.2, -0.15) is 15.0 Å². The Hall–Kier alpha value is -9.02. The van der Waals surface area contributed by atoms with E-state index >= 15 is 0 Å². The minimum Gasteiger partial charge on any atom is -0.495 e. The fraction of sp³-hybridized carbons (Fsp3) is 0.203. The number of nitrogens with two attached hydrogens (primary N) is 6. The molecule has 113 heavy (non-hydrogen) atoms. The molecule has 5 aromatic carbocycles. The van der Waals surface area contributed by atoms with Gasteiger partial charge in [0.05, 0.1) is 115 Å². The number of nitrogen functional groups attached to an aromatic ring is 5. The van der Waals surface area contributed by atoms with Gasteiger partial charge >= 0.3 is 0 Å². The van der Waals surface area contributed by atoms with Crippen LogP contribution in [0.2, 0.25) is 50.2 Å². The Morgan fingerprint density at radius 1 is 0.558 bits per heavy atom. The van der Waals surface area contributed by atoms with E-state index in [4.69, 9.17) is 174 Å². The Kier molecular flexibility index (Phi) is 26.7. The first-order chi connectivity index (χ1) is 54.0. The summed E-state index contributed by atoms with van der Waals surface area (Å²) in [6, 6.07) is 19.3. The molecule has 0 atom stereocenters. The molecule has 8 aromatic heterocycles. The van der Waals surface area contributed by atoms with Crippen LogP contribution < -0.4 is 68.7 Å². The number of thioether (sulfide) groups is 1. The second kappa shape index (κ2) is 36.2. The molecule has 11 heterocycles. The van der Waals surface area contributed by atoms with Crippen molar-refractivity contribution < 1.29 is 23.7 Å². The highest BCUT2D eigenvalue weighted by Gasteiger charge is 2.30. The second-order valence-corrected chi connectivity index (χ2v) is 31.6. The maximum absolute atomic E-state index is 6.55. The van der Waals surface area contributed by atoms with E-state index in [1.807, 2.05) is 50.4 Å². The van der Waals surface area contributed by atoms with E-state index in [1.54, 1.807) is 61.8 Å². The molecule has 0 saturated heterocycles. The van der Waals surface area contributed by atoms with Crippen molar-refractivity contribution >= 4 is 229 Å². The van der Waals surface area contributed by atoms with Crippen LogP contribution in [0.3, 0.4) is 0 Å². The lowest BCUT2D eigenvalue weighted by Gasteiger charge is -2.14. The fourth-order valence-electron chi connectivity index (χ4n) is 12.0. The number of hydrogen-bond acceptors (Lipinski definition) is 28. The van der Waals surface area contributed by atoms with E-state index in [0.29, 0.717) is 168 Å². The number of benzene rings is 5. The zero-order valence-corrected chi connectivity index (χ0v) is 70.6. The molecule has 0 unspecified atom stereocenters. The number of fused-ring (bicyclic) bond motifs is 6. The Bertz CT molecular complexity index is 5880. The molecular weight excluding hydrogens is 1710 g/mol. The van der Waals surface area contributed by atoms with Gasteiger partial charge in [0.25, 0.3) is 0 Å². The van der Waals surface area contributed by atoms with Gasteiger partial charge in [0.2, 0.25) is 29.7 Å². The van der Waals surface area contributed by atoms with E-state index in [1.165, 1.54) is 41.5 Å². The molecule has 13 aromatic rings. The average Bonchev–Trinajstić information content (AvgIpc) is 1.65. The quantitative estimate of drug-likeness (QED) is 0.0406. The van der Waals surface area contributed by atoms with Crippen molar-refractivity contribution in [3.8, 4) is 85.2 Å². The third-order valence-electron chi connectivity index (χ3n) is 17.0. The molecule has 16 rings (SSSR count). The summed E-state index contributed by atoms with van der Waals surface area (Å²) in [6.45, 7) is 13.7. The monoisotopic (exact) mass is 1780 g/mol. The predicted molar refractivity (Wildman–Crippen MR) is 465 cm³/mol. The number of likely N-dealkylation sites (N-methyl/N-ethyl adjacent to an activating group) is 1. The average molecular weight is 1780 g/mol. The summed E-state index contributed by atoms with van der Waals surface area (Å²) in [6.07, 6.45) is 5.79. The Morgan fingerprint density at radius 2 is 1.04 bits per heavy atom. The number of ether oxygens (including phenoxy) is 5. The minimum absolute atomic E-state index is 0.138. The van der Waals surface area contributed by atoms with Gasteiger partial charge in [-0.1, -0.05) is 141 Å². The summed E-state index contributed by atoms with van der Waals surface area (Å²) in [5.74, 6) is 4.94. The first-order valence-corrected chi connectivity index (χ1v) is 40.4. The van der Waals surface area contributed by atoms with Gasteiger partial charge in [0.15, 0.2) is 11.0 Å². The first-order valence-electron chi connectivity index (χ1n) is 33.8. The van der Waals surface area contributed by atoms with Crippen molar-refractivity contribution in [2.45, 2.75) is 31.3 Å². The minimum atomic E-state index is 0.138. The van der Waals surface area contributed by atoms with E-state index in [9.17, 15) is 0 Å². The number of anilines is 6. The van der Waals surface area contributed by atoms with Gasteiger partial charge in [0.1, 0.15) is 56.5 Å². The topological polar surface area (TPSA) is 387 Å². The number of methoxy groups -OCH3 is 1. The zero-order chi connectivity index (χ0) is 81.0. The maximum Gasteiger partial charge on any atom is 0.224 e. The highest BCUT2D eigenvalue weighted by Crippen LogP contribution is 2.50. The molecule has 39 heteroatoms. The van der Waals surface area contributed by atoms with Gasteiger partial charge in [-0.15, -0.1) is 22.7 Å². The van der Waals surface area contributed by atoms with Gasteiger partial charge < -0.3 is 78.6 Å². The molecular formula is C74H67Cl10N21O5S3. The van der Waals surface area contributed by atoms with Gasteiger partial charge in [-0.05, 0) is 87.9 Å². The zero-order valence-electron chi connectivity index (χ0n) is 60.6. The number of nitrogens with one attached hydrogen (secondary N) is 3. The van der Waals surface area contributed by atoms with Crippen molar-refractivity contribution in [2.24, 2.45) is 5.73 Å². The Morgan fingerprint density at radius 3 is 1.58 bits per heavy atom. The van der Waals surface area contributed by atoms with Crippen LogP contribution in [0.1, 0.15) is 33.4 Å². The second-order valence-electron chi connectivity index (χ2n) is 24.7. The molecule has 0 bridgehead atoms. The lowest BCUT2D eigenvalue weighted by molar-refractivity contribution is 0.261. The molecule has 0 aliphatic carbocycles. The van der Waals surface area contributed by atoms with Crippen LogP contribution in [-0.4, -0.2) is 139 Å². The highest BCUT2D eigenvalue weighted by molar-refractivity contribution is 7.98. The number of aromatic amines is 1. The van der Waals surface area contributed by atoms with Crippen molar-refractivity contribution in [1.29, 1.82) is 0 Å². The fourth-order valence-corrected chi connectivity index (χ4v) is 17.3. The Labute approximate surface area is 709 Å². The molecule has 0 spiro atoms. The molecule has 0 radical (unpaired) electrons. The number of hydrogen-bond donors (Lipinski definition) is 9. The van der Waals surface area contributed by atoms with Crippen LogP contribution in [0.5, 0.6) is 28.7 Å². The van der Waals surface area contributed by atoms with Crippen molar-refractivity contribution in [3.05, 3.63) is 163 Å². The van der Waals surface area contributed by atoms with Crippen LogP contribution in [0.15, 0.2) is 91.2 Å². The molecule has 586 valence electrons. The van der Waals surface area contributed by atoms with Gasteiger partial charge in [0, 0.05) is 118 Å². The number of aromatic nitrogens is 12. The third-order valence-corrected chi connectivity index (χ3v) is 22.7. The molecule has 3 aliphatic heterocycles. The van der Waals surface area contributed by atoms with Crippen LogP contribution in [0, 0.1) is 0 Å². The number of nitrogens with zero attached hydrogens (tertiary/aromatic N) is 12. The van der Waals surface area contributed by atoms with E-state index in [-0.39, 0.29) is 29.7 Å². The lowest BCUT2D eigenvalue weighted by Crippen LogP contribution is -2.19. The third kappa shape index (κ3) is 18.5. The van der Waals surface area contributed by atoms with E-state index in [0.717, 1.165) is 106 Å². The standard InChI is InChI=1S/C18H16Cl2N4OS.C16H17Cl2N5O.C16H12Cl2N4OS.C13H12Cl2N4O.C11H10Cl2N4OS/c1-3-22-8(2)13-6-10-15(23-18(21)24-17(10)26-13)14-9-4-5-25-16(9)12(20)7-11(14)19;1-23(2)5-6-24-13-7-9(10(17)8-11(13)18)14-15-12(3-4-20-15)21-16(19)22-14;1-6(19)11-4-8-13(21-16(20)22-15(8)24-11)12-7-2-3-23-14(7)10(18)5-9(12)17;1-17-10-5-9(18-13(16)19-10)11-6-2-3-20-12(6)8(15)4-7(11)14;1-18-8-3-5(6(12)4-7(8)13)9-15-10(14)17-11(16-9)19-2/h6-7,22H,2-5H2,1H3,(H2,21,23,24);3-4,7-8,20H,5-6H2,1-2H3,(H2,19,21,22);4-5H,1-3,19H2,(H2,20,21,22);4-5H,2-3H2,1H3,(H3,16,17,18,19);3-4H,1-2H3,(H2,14,15,16,17). The summed E-state index contributed by atoms with van der Waals surface area (Å²) in [7, 11) is 7.24. The van der Waals surface area contributed by atoms with E-state index in [2.05, 4.69) is 83.6 Å². The normalized spacial score (nSPS) is 12.2. The highest BCUT2D eigenvalue weighted by atomic mass is 35.5. The summed E-state index contributed by atoms with van der Waals surface area (Å²) in [4.78, 5) is 55.3. The number of rotatable bonds is 16. The van der Waals surface area contributed by atoms with Crippen LogP contribution in [0.4, 0.5) is 35.6 Å². The number of halogens is 10. The molecule has 26 nitrogen and oxygen atoms in total. The number of H-pyrrole nitrogens is 1. The summed E-state index contributed by atoms with van der Waals surface area (Å²) < 4.78 is 27.8. The smallest absolute Gasteiger partial charge is 0.224 e. The first kappa shape index (κ1) is 83.4. The summed E-state index contributed by atoms with van der Waals surface area (Å²) >= 11 is 67.1. The largest absolute Gasteiger partial charge is 0.495 e. The van der Waals surface area contributed by atoms with Gasteiger partial charge in [-0.25, -0.2) is 39.9 Å². The summed E-state index contributed by atoms with van der Waals surface area (Å²) in [5.41, 5.74) is 46.8. The molecule has 15 N–H and O–H groups in total. The van der Waals surface area contributed by atoms with Crippen LogP contribution >= 0.6 is 150 Å². The van der Waals surface area contributed by atoms with E-state index < -0.39 is 0 Å². The molecule has 3 aliphatic rings.